The predicted molar refractivity (Wildman–Crippen MR) is 101 cm³/mol. The van der Waals surface area contributed by atoms with Crippen LogP contribution in [0.2, 0.25) is 0 Å². The molecule has 0 saturated carbocycles. The molecule has 126 valence electrons. The lowest BCUT2D eigenvalue weighted by atomic mass is 10.1. The maximum atomic E-state index is 13.3. The van der Waals surface area contributed by atoms with Crippen LogP contribution in [-0.2, 0) is 0 Å². The molecule has 5 rings (SSSR count). The Morgan fingerprint density at radius 2 is 1.73 bits per heavy atom. The van der Waals surface area contributed by atoms with Crippen molar-refractivity contribution in [2.24, 2.45) is 0 Å². The summed E-state index contributed by atoms with van der Waals surface area (Å²) in [7, 11) is 0. The van der Waals surface area contributed by atoms with Gasteiger partial charge in [0, 0.05) is 11.6 Å². The summed E-state index contributed by atoms with van der Waals surface area (Å²) in [5, 5.41) is 7.04. The van der Waals surface area contributed by atoms with Crippen LogP contribution in [0.5, 0.6) is 0 Å². The summed E-state index contributed by atoms with van der Waals surface area (Å²) >= 11 is 0. The number of aryl methyl sites for hydroxylation is 2. The third kappa shape index (κ3) is 1.99. The molecule has 0 saturated heterocycles. The monoisotopic (exact) mass is 341 g/mol. The number of hydrogen-bond donors (Lipinski definition) is 0. The molecule has 0 aliphatic heterocycles. The molecule has 0 aliphatic carbocycles. The van der Waals surface area contributed by atoms with Gasteiger partial charge in [0.25, 0.3) is 11.3 Å². The second kappa shape index (κ2) is 5.23. The zero-order valence-corrected chi connectivity index (χ0v) is 14.3. The standard InChI is InChI=1S/C20H15N5O/c1-12-18-17(25-20(21-12)22-13(2)23-25)10-11-24(19(18)26)16-9-5-7-14-6-3-4-8-15(14)16/h3-11H,1-2H3. The van der Waals surface area contributed by atoms with Gasteiger partial charge < -0.3 is 0 Å². The number of nitrogens with zero attached hydrogens (tertiary/aromatic N) is 5. The number of pyridine rings is 1. The molecule has 0 amide bonds. The number of hydrogen-bond acceptors (Lipinski definition) is 4. The third-order valence-corrected chi connectivity index (χ3v) is 4.65. The summed E-state index contributed by atoms with van der Waals surface area (Å²) in [6.45, 7) is 3.65. The fourth-order valence-electron chi connectivity index (χ4n) is 3.49. The second-order valence-electron chi connectivity index (χ2n) is 6.32. The van der Waals surface area contributed by atoms with E-state index >= 15 is 0 Å². The first-order valence-corrected chi connectivity index (χ1v) is 8.37. The Labute approximate surface area is 148 Å². The molecule has 26 heavy (non-hydrogen) atoms. The molecule has 6 heteroatoms. The van der Waals surface area contributed by atoms with E-state index in [2.05, 4.69) is 15.1 Å². The smallest absolute Gasteiger partial charge is 0.266 e. The first-order valence-electron chi connectivity index (χ1n) is 8.37. The van der Waals surface area contributed by atoms with Crippen LogP contribution in [0, 0.1) is 13.8 Å². The summed E-state index contributed by atoms with van der Waals surface area (Å²) in [5.41, 5.74) is 2.11. The fourth-order valence-corrected chi connectivity index (χ4v) is 3.49. The van der Waals surface area contributed by atoms with Gasteiger partial charge in [0.2, 0.25) is 0 Å². The zero-order valence-electron chi connectivity index (χ0n) is 14.3. The zero-order chi connectivity index (χ0) is 17.8. The van der Waals surface area contributed by atoms with Crippen LogP contribution in [0.4, 0.5) is 0 Å². The lowest BCUT2D eigenvalue weighted by molar-refractivity contribution is 0.934. The van der Waals surface area contributed by atoms with Crippen molar-refractivity contribution in [3.63, 3.8) is 0 Å². The summed E-state index contributed by atoms with van der Waals surface area (Å²) in [4.78, 5) is 22.1. The topological polar surface area (TPSA) is 65.1 Å². The Kier molecular flexibility index (Phi) is 2.97. The predicted octanol–water partition coefficient (Wildman–Crippen LogP) is 3.20. The average Bonchev–Trinajstić information content (AvgIpc) is 3.01. The number of benzene rings is 2. The Balaban J connectivity index is 1.91. The van der Waals surface area contributed by atoms with Crippen LogP contribution in [0.25, 0.3) is 33.1 Å². The van der Waals surface area contributed by atoms with Gasteiger partial charge in [0.15, 0.2) is 0 Å². The van der Waals surface area contributed by atoms with Crippen LogP contribution in [0.1, 0.15) is 11.5 Å². The molecular weight excluding hydrogens is 326 g/mol. The van der Waals surface area contributed by atoms with Crippen molar-refractivity contribution in [3.8, 4) is 5.69 Å². The van der Waals surface area contributed by atoms with Gasteiger partial charge in [-0.3, -0.25) is 9.36 Å². The quantitative estimate of drug-likeness (QED) is 0.470. The molecule has 0 unspecified atom stereocenters. The van der Waals surface area contributed by atoms with Crippen molar-refractivity contribution >= 4 is 27.5 Å². The highest BCUT2D eigenvalue weighted by atomic mass is 16.1. The average molecular weight is 341 g/mol. The van der Waals surface area contributed by atoms with Crippen molar-refractivity contribution in [2.75, 3.05) is 0 Å². The lowest BCUT2D eigenvalue weighted by Gasteiger charge is -2.11. The summed E-state index contributed by atoms with van der Waals surface area (Å²) in [5.74, 6) is 1.14. The van der Waals surface area contributed by atoms with Gasteiger partial charge in [-0.05, 0) is 31.4 Å². The van der Waals surface area contributed by atoms with E-state index in [-0.39, 0.29) is 5.56 Å². The minimum absolute atomic E-state index is 0.112. The van der Waals surface area contributed by atoms with E-state index in [0.717, 1.165) is 22.0 Å². The van der Waals surface area contributed by atoms with Gasteiger partial charge in [0.1, 0.15) is 5.82 Å². The van der Waals surface area contributed by atoms with Gasteiger partial charge in [-0.1, -0.05) is 36.4 Å². The molecule has 5 aromatic rings. The van der Waals surface area contributed by atoms with Gasteiger partial charge in [-0.2, -0.15) is 9.50 Å². The van der Waals surface area contributed by atoms with E-state index in [0.29, 0.717) is 22.7 Å². The van der Waals surface area contributed by atoms with Gasteiger partial charge in [0.05, 0.1) is 22.3 Å². The first kappa shape index (κ1) is 14.8. The Bertz CT molecular complexity index is 1370. The van der Waals surface area contributed by atoms with E-state index < -0.39 is 0 Å². The molecule has 0 N–H and O–H groups in total. The van der Waals surface area contributed by atoms with Gasteiger partial charge in [-0.15, -0.1) is 5.10 Å². The Morgan fingerprint density at radius 1 is 0.923 bits per heavy atom. The number of aromatic nitrogens is 5. The van der Waals surface area contributed by atoms with E-state index in [1.807, 2.05) is 62.4 Å². The van der Waals surface area contributed by atoms with Crippen molar-refractivity contribution in [1.29, 1.82) is 0 Å². The minimum atomic E-state index is -0.112. The second-order valence-corrected chi connectivity index (χ2v) is 6.32. The van der Waals surface area contributed by atoms with Crippen LogP contribution in [0.3, 0.4) is 0 Å². The molecular formula is C20H15N5O. The Morgan fingerprint density at radius 3 is 2.62 bits per heavy atom. The van der Waals surface area contributed by atoms with E-state index in [1.54, 1.807) is 15.3 Å². The van der Waals surface area contributed by atoms with Crippen LogP contribution < -0.4 is 5.56 Å². The maximum absolute atomic E-state index is 13.3. The third-order valence-electron chi connectivity index (χ3n) is 4.65. The van der Waals surface area contributed by atoms with Gasteiger partial charge in [-0.25, -0.2) is 4.98 Å². The summed E-state index contributed by atoms with van der Waals surface area (Å²) < 4.78 is 3.31. The molecule has 0 fully saturated rings. The molecule has 0 atom stereocenters. The minimum Gasteiger partial charge on any atom is -0.283 e. The summed E-state index contributed by atoms with van der Waals surface area (Å²) in [6.07, 6.45) is 1.79. The van der Waals surface area contributed by atoms with Crippen molar-refractivity contribution in [2.45, 2.75) is 13.8 Å². The van der Waals surface area contributed by atoms with Gasteiger partial charge >= 0.3 is 0 Å². The molecule has 2 aromatic carbocycles. The first-order chi connectivity index (χ1) is 12.6. The SMILES string of the molecule is Cc1nc2nc(C)c3c(=O)n(-c4cccc5ccccc45)ccc3n2n1. The lowest BCUT2D eigenvalue weighted by Crippen LogP contribution is -2.20. The van der Waals surface area contributed by atoms with Crippen LogP contribution in [-0.4, -0.2) is 24.1 Å². The molecule has 6 nitrogen and oxygen atoms in total. The van der Waals surface area contributed by atoms with Crippen LogP contribution >= 0.6 is 0 Å². The molecule has 0 bridgehead atoms. The number of fused-ring (bicyclic) bond motifs is 4. The fraction of sp³-hybridized carbons (Fsp3) is 0.100. The largest absolute Gasteiger partial charge is 0.283 e. The molecule has 0 spiro atoms. The van der Waals surface area contributed by atoms with E-state index in [1.165, 1.54) is 0 Å². The molecule has 3 heterocycles. The Hall–Kier alpha value is -3.54. The highest BCUT2D eigenvalue weighted by molar-refractivity contribution is 5.91. The maximum Gasteiger partial charge on any atom is 0.266 e. The van der Waals surface area contributed by atoms with Crippen molar-refractivity contribution in [3.05, 3.63) is 76.6 Å². The highest BCUT2D eigenvalue weighted by Gasteiger charge is 2.14. The summed E-state index contributed by atoms with van der Waals surface area (Å²) in [6, 6.07) is 15.9. The molecule has 0 aliphatic rings. The molecule has 3 aromatic heterocycles. The highest BCUT2D eigenvalue weighted by Crippen LogP contribution is 2.22. The van der Waals surface area contributed by atoms with Crippen molar-refractivity contribution in [1.82, 2.24) is 24.1 Å². The number of rotatable bonds is 1. The van der Waals surface area contributed by atoms with E-state index in [4.69, 9.17) is 0 Å². The molecule has 0 radical (unpaired) electrons. The van der Waals surface area contributed by atoms with E-state index in [9.17, 15) is 4.79 Å². The van der Waals surface area contributed by atoms with Crippen LogP contribution in [0.15, 0.2) is 59.5 Å². The normalized spacial score (nSPS) is 11.6. The van der Waals surface area contributed by atoms with Crippen molar-refractivity contribution < 1.29 is 0 Å².